The van der Waals surface area contributed by atoms with E-state index < -0.39 is 5.97 Å². The number of thiophene rings is 1. The van der Waals surface area contributed by atoms with Crippen LogP contribution in [-0.2, 0) is 4.74 Å². The van der Waals surface area contributed by atoms with Crippen molar-refractivity contribution in [2.45, 2.75) is 18.9 Å². The molecular weight excluding hydrogens is 390 g/mol. The van der Waals surface area contributed by atoms with E-state index in [9.17, 15) is 9.90 Å². The van der Waals surface area contributed by atoms with Crippen LogP contribution in [0.4, 0.5) is 23.1 Å². The van der Waals surface area contributed by atoms with Crippen LogP contribution in [0.25, 0.3) is 10.2 Å². The van der Waals surface area contributed by atoms with Gasteiger partial charge in [0.25, 0.3) is 0 Å². The van der Waals surface area contributed by atoms with Crippen molar-refractivity contribution in [1.29, 1.82) is 0 Å². The molecule has 0 atom stereocenters. The second-order valence-electron chi connectivity index (χ2n) is 7.21. The predicted octanol–water partition coefficient (Wildman–Crippen LogP) is 3.54. The first-order chi connectivity index (χ1) is 14.2. The van der Waals surface area contributed by atoms with Crippen LogP contribution in [0.3, 0.4) is 0 Å². The Morgan fingerprint density at radius 2 is 2.03 bits per heavy atom. The lowest BCUT2D eigenvalue weighted by molar-refractivity contribution is 0.0696. The van der Waals surface area contributed by atoms with Crippen LogP contribution < -0.4 is 15.5 Å². The molecule has 1 saturated carbocycles. The normalized spacial score (nSPS) is 16.8. The van der Waals surface area contributed by atoms with Gasteiger partial charge in [0.15, 0.2) is 0 Å². The molecule has 0 amide bonds. The number of carboxylic acids is 1. The molecule has 0 unspecified atom stereocenters. The van der Waals surface area contributed by atoms with Crippen molar-refractivity contribution < 1.29 is 14.6 Å². The van der Waals surface area contributed by atoms with E-state index in [0.29, 0.717) is 49.7 Å². The largest absolute Gasteiger partial charge is 0.478 e. The molecule has 1 aromatic carbocycles. The Hall–Kier alpha value is -2.91. The molecule has 3 N–H and O–H groups in total. The van der Waals surface area contributed by atoms with Gasteiger partial charge in [0.05, 0.1) is 34.7 Å². The third kappa shape index (κ3) is 3.83. The van der Waals surface area contributed by atoms with Crippen LogP contribution in [0.15, 0.2) is 29.6 Å². The first-order valence-electron chi connectivity index (χ1n) is 9.66. The first kappa shape index (κ1) is 18.1. The lowest BCUT2D eigenvalue weighted by Crippen LogP contribution is -2.37. The lowest BCUT2D eigenvalue weighted by Gasteiger charge is -2.30. The number of aromatic carboxylic acids is 1. The van der Waals surface area contributed by atoms with Gasteiger partial charge in [-0.25, -0.2) is 9.78 Å². The van der Waals surface area contributed by atoms with Gasteiger partial charge in [-0.15, -0.1) is 11.3 Å². The molecule has 9 heteroatoms. The maximum Gasteiger partial charge on any atom is 0.337 e. The molecule has 0 bridgehead atoms. The highest BCUT2D eigenvalue weighted by atomic mass is 32.1. The van der Waals surface area contributed by atoms with Crippen LogP contribution in [0.1, 0.15) is 23.2 Å². The molecule has 29 heavy (non-hydrogen) atoms. The van der Waals surface area contributed by atoms with Gasteiger partial charge in [-0.05, 0) is 42.5 Å². The molecule has 5 rings (SSSR count). The van der Waals surface area contributed by atoms with Crippen LogP contribution in [0.5, 0.6) is 0 Å². The molecule has 1 aliphatic carbocycles. The van der Waals surface area contributed by atoms with Gasteiger partial charge in [0.1, 0.15) is 5.82 Å². The van der Waals surface area contributed by atoms with Crippen molar-refractivity contribution in [3.63, 3.8) is 0 Å². The number of carboxylic acid groups (broad SMARTS) is 1. The summed E-state index contributed by atoms with van der Waals surface area (Å²) in [5.74, 6) is 0.327. The molecule has 8 nitrogen and oxygen atoms in total. The van der Waals surface area contributed by atoms with Crippen LogP contribution in [0.2, 0.25) is 0 Å². The molecule has 2 aliphatic rings. The summed E-state index contributed by atoms with van der Waals surface area (Å²) < 4.78 is 6.41. The number of anilines is 4. The Labute approximate surface area is 171 Å². The van der Waals surface area contributed by atoms with E-state index in [1.54, 1.807) is 17.4 Å². The van der Waals surface area contributed by atoms with Gasteiger partial charge in [-0.3, -0.25) is 0 Å². The number of hydrogen-bond donors (Lipinski definition) is 3. The maximum absolute atomic E-state index is 11.9. The van der Waals surface area contributed by atoms with Gasteiger partial charge in [0.2, 0.25) is 5.95 Å². The van der Waals surface area contributed by atoms with Crippen molar-refractivity contribution in [3.05, 3.63) is 35.2 Å². The minimum atomic E-state index is -0.958. The highest BCUT2D eigenvalue weighted by Gasteiger charge is 2.23. The summed E-state index contributed by atoms with van der Waals surface area (Å²) in [6.45, 7) is 2.57. The standard InChI is InChI=1S/C20H21N5O3S/c26-19(27)14-11-13(3-4-16(14)25-6-8-28-9-7-25)22-20-23-15-5-10-29-17(15)18(24-20)21-12-1-2-12/h3-5,10-12H,1-2,6-9H2,(H,26,27)(H2,21,22,23,24). The summed E-state index contributed by atoms with van der Waals surface area (Å²) in [4.78, 5) is 23.1. The summed E-state index contributed by atoms with van der Waals surface area (Å²) in [5.41, 5.74) is 2.48. The van der Waals surface area contributed by atoms with E-state index >= 15 is 0 Å². The van der Waals surface area contributed by atoms with E-state index in [-0.39, 0.29) is 5.56 Å². The van der Waals surface area contributed by atoms with E-state index in [4.69, 9.17) is 4.74 Å². The first-order valence-corrected chi connectivity index (χ1v) is 10.5. The van der Waals surface area contributed by atoms with Crippen molar-refractivity contribution in [2.24, 2.45) is 0 Å². The van der Waals surface area contributed by atoms with Crippen molar-refractivity contribution in [3.8, 4) is 0 Å². The molecular formula is C20H21N5O3S. The van der Waals surface area contributed by atoms with E-state index in [2.05, 4.69) is 20.6 Å². The summed E-state index contributed by atoms with van der Waals surface area (Å²) in [5, 5.41) is 18.4. The fourth-order valence-corrected chi connectivity index (χ4v) is 4.22. The van der Waals surface area contributed by atoms with Gasteiger partial charge in [0, 0.05) is 24.8 Å². The van der Waals surface area contributed by atoms with Crippen molar-refractivity contribution in [1.82, 2.24) is 9.97 Å². The van der Waals surface area contributed by atoms with Gasteiger partial charge in [-0.1, -0.05) is 0 Å². The Morgan fingerprint density at radius 3 is 2.79 bits per heavy atom. The Kier molecular flexibility index (Phi) is 4.69. The van der Waals surface area contributed by atoms with Crippen molar-refractivity contribution >= 4 is 50.7 Å². The molecule has 150 valence electrons. The molecule has 1 aliphatic heterocycles. The zero-order chi connectivity index (χ0) is 19.8. The van der Waals surface area contributed by atoms with E-state index in [0.717, 1.165) is 28.9 Å². The third-order valence-electron chi connectivity index (χ3n) is 5.06. The van der Waals surface area contributed by atoms with Crippen molar-refractivity contribution in [2.75, 3.05) is 41.8 Å². The predicted molar refractivity (Wildman–Crippen MR) is 114 cm³/mol. The summed E-state index contributed by atoms with van der Waals surface area (Å²) in [6, 6.07) is 7.79. The molecule has 3 aromatic rings. The molecule has 0 spiro atoms. The van der Waals surface area contributed by atoms with Crippen LogP contribution in [0, 0.1) is 0 Å². The number of fused-ring (bicyclic) bond motifs is 1. The monoisotopic (exact) mass is 411 g/mol. The number of benzene rings is 1. The second kappa shape index (κ2) is 7.49. The van der Waals surface area contributed by atoms with E-state index in [1.807, 2.05) is 28.5 Å². The number of nitrogens with zero attached hydrogens (tertiary/aromatic N) is 3. The zero-order valence-electron chi connectivity index (χ0n) is 15.7. The number of nitrogens with one attached hydrogen (secondary N) is 2. The van der Waals surface area contributed by atoms with Gasteiger partial charge < -0.3 is 25.4 Å². The Bertz CT molecular complexity index is 1060. The topological polar surface area (TPSA) is 99.6 Å². The molecule has 1 saturated heterocycles. The molecule has 2 aromatic heterocycles. The minimum absolute atomic E-state index is 0.254. The van der Waals surface area contributed by atoms with E-state index in [1.165, 1.54) is 0 Å². The summed E-state index contributed by atoms with van der Waals surface area (Å²) >= 11 is 1.61. The summed E-state index contributed by atoms with van der Waals surface area (Å²) in [7, 11) is 0. The lowest BCUT2D eigenvalue weighted by atomic mass is 10.1. The number of rotatable bonds is 6. The molecule has 0 radical (unpaired) electrons. The highest BCUT2D eigenvalue weighted by Crippen LogP contribution is 2.33. The summed E-state index contributed by atoms with van der Waals surface area (Å²) in [6.07, 6.45) is 2.31. The molecule has 2 fully saturated rings. The number of aromatic nitrogens is 2. The number of morpholine rings is 1. The smallest absolute Gasteiger partial charge is 0.337 e. The minimum Gasteiger partial charge on any atom is -0.478 e. The van der Waals surface area contributed by atoms with Crippen LogP contribution in [-0.4, -0.2) is 53.4 Å². The Balaban J connectivity index is 1.45. The second-order valence-corrected chi connectivity index (χ2v) is 8.13. The number of hydrogen-bond acceptors (Lipinski definition) is 8. The fourth-order valence-electron chi connectivity index (χ4n) is 3.43. The zero-order valence-corrected chi connectivity index (χ0v) is 16.5. The highest BCUT2D eigenvalue weighted by molar-refractivity contribution is 7.17. The molecule has 3 heterocycles. The quantitative estimate of drug-likeness (QED) is 0.566. The fraction of sp³-hybridized carbons (Fsp3) is 0.350. The van der Waals surface area contributed by atoms with Crippen LogP contribution >= 0.6 is 11.3 Å². The Morgan fingerprint density at radius 1 is 1.21 bits per heavy atom. The average molecular weight is 411 g/mol. The number of carbonyl (C=O) groups is 1. The van der Waals surface area contributed by atoms with Gasteiger partial charge >= 0.3 is 5.97 Å². The SMILES string of the molecule is O=C(O)c1cc(Nc2nc(NC3CC3)c3sccc3n2)ccc1N1CCOCC1. The van der Waals surface area contributed by atoms with Gasteiger partial charge in [-0.2, -0.15) is 4.98 Å². The third-order valence-corrected chi connectivity index (χ3v) is 5.97. The number of ether oxygens (including phenoxy) is 1. The maximum atomic E-state index is 11.9. The average Bonchev–Trinajstić information content (AvgIpc) is 3.42.